The third-order valence-corrected chi connectivity index (χ3v) is 3.89. The fourth-order valence-corrected chi connectivity index (χ4v) is 2.83. The van der Waals surface area contributed by atoms with E-state index in [9.17, 15) is 9.59 Å². The molecule has 1 aliphatic heterocycles. The highest BCUT2D eigenvalue weighted by atomic mass is 35.5. The molecule has 0 radical (unpaired) electrons. The fourth-order valence-electron chi connectivity index (χ4n) is 2.28. The molecule has 0 fully saturated rings. The van der Waals surface area contributed by atoms with E-state index in [0.29, 0.717) is 22.2 Å². The van der Waals surface area contributed by atoms with Crippen molar-refractivity contribution in [3.05, 3.63) is 45.9 Å². The Kier molecular flexibility index (Phi) is 5.01. The number of ketones is 1. The second kappa shape index (κ2) is 7.21. The quantitative estimate of drug-likeness (QED) is 0.793. The maximum atomic E-state index is 12.1. The van der Waals surface area contributed by atoms with Crippen molar-refractivity contribution in [3.8, 4) is 17.2 Å². The topological polar surface area (TPSA) is 73.9 Å². The number of carbonyl (C=O) groups excluding carboxylic acids is 2. The molecular formula is C17H13Cl2NO5. The predicted molar refractivity (Wildman–Crippen MR) is 93.2 cm³/mol. The van der Waals surface area contributed by atoms with Crippen LogP contribution in [0.2, 0.25) is 10.0 Å². The molecule has 0 saturated heterocycles. The van der Waals surface area contributed by atoms with Crippen molar-refractivity contribution >= 4 is 40.6 Å². The van der Waals surface area contributed by atoms with Crippen LogP contribution < -0.4 is 19.5 Å². The van der Waals surface area contributed by atoms with E-state index in [0.717, 1.165) is 0 Å². The summed E-state index contributed by atoms with van der Waals surface area (Å²) in [6, 6.07) is 7.92. The minimum Gasteiger partial charge on any atom is -0.481 e. The predicted octanol–water partition coefficient (Wildman–Crippen LogP) is 3.94. The summed E-state index contributed by atoms with van der Waals surface area (Å²) in [5.41, 5.74) is 0.750. The fraction of sp³-hybridized carbons (Fsp3) is 0.176. The number of carbonyl (C=O) groups is 2. The number of ether oxygens (including phenoxy) is 3. The van der Waals surface area contributed by atoms with Crippen molar-refractivity contribution in [1.82, 2.24) is 0 Å². The summed E-state index contributed by atoms with van der Waals surface area (Å²) in [4.78, 5) is 23.8. The summed E-state index contributed by atoms with van der Waals surface area (Å²) < 4.78 is 15.9. The lowest BCUT2D eigenvalue weighted by molar-refractivity contribution is -0.118. The van der Waals surface area contributed by atoms with Crippen molar-refractivity contribution in [1.29, 1.82) is 0 Å². The maximum Gasteiger partial charge on any atom is 0.262 e. The molecule has 0 atom stereocenters. The van der Waals surface area contributed by atoms with Crippen LogP contribution in [0.5, 0.6) is 17.2 Å². The lowest BCUT2D eigenvalue weighted by Crippen LogP contribution is -2.21. The van der Waals surface area contributed by atoms with E-state index in [-0.39, 0.29) is 35.5 Å². The van der Waals surface area contributed by atoms with Gasteiger partial charge in [-0.05, 0) is 31.2 Å². The maximum absolute atomic E-state index is 12.1. The molecular weight excluding hydrogens is 369 g/mol. The molecule has 25 heavy (non-hydrogen) atoms. The molecule has 2 aromatic rings. The van der Waals surface area contributed by atoms with Crippen molar-refractivity contribution < 1.29 is 23.8 Å². The van der Waals surface area contributed by atoms with Crippen LogP contribution >= 0.6 is 23.2 Å². The molecule has 3 rings (SSSR count). The normalized spacial score (nSPS) is 12.0. The number of fused-ring (bicyclic) bond motifs is 1. The van der Waals surface area contributed by atoms with Gasteiger partial charge in [0.15, 0.2) is 23.9 Å². The second-order valence-corrected chi connectivity index (χ2v) is 6.07. The number of hydrogen-bond acceptors (Lipinski definition) is 5. The molecule has 1 amide bonds. The van der Waals surface area contributed by atoms with E-state index in [1.54, 1.807) is 18.2 Å². The zero-order chi connectivity index (χ0) is 18.0. The lowest BCUT2D eigenvalue weighted by Gasteiger charge is -2.12. The molecule has 6 nitrogen and oxygen atoms in total. The molecule has 2 aromatic carbocycles. The molecule has 8 heteroatoms. The van der Waals surface area contributed by atoms with Crippen LogP contribution in [-0.4, -0.2) is 25.1 Å². The van der Waals surface area contributed by atoms with Gasteiger partial charge in [-0.25, -0.2) is 0 Å². The van der Waals surface area contributed by atoms with Gasteiger partial charge in [-0.2, -0.15) is 0 Å². The number of Topliss-reactive ketones (excluding diaryl/α,β-unsaturated/α-hetero) is 1. The Morgan fingerprint density at radius 1 is 1.16 bits per heavy atom. The van der Waals surface area contributed by atoms with E-state index in [1.165, 1.54) is 19.1 Å². The highest BCUT2D eigenvalue weighted by Gasteiger charge is 2.17. The number of rotatable bonds is 5. The molecule has 0 unspecified atom stereocenters. The number of amides is 1. The first-order chi connectivity index (χ1) is 11.9. The summed E-state index contributed by atoms with van der Waals surface area (Å²) in [6.07, 6.45) is 0. The van der Waals surface area contributed by atoms with E-state index in [4.69, 9.17) is 37.4 Å². The molecule has 130 valence electrons. The van der Waals surface area contributed by atoms with Crippen molar-refractivity contribution in [2.24, 2.45) is 0 Å². The number of nitrogens with one attached hydrogen (secondary N) is 1. The summed E-state index contributed by atoms with van der Waals surface area (Å²) >= 11 is 12.0. The standard InChI is InChI=1S/C17H13Cl2NO5/c1-9(21)12-4-10(18)5-13(19)17(12)23-7-16(22)20-11-2-3-14-15(6-11)25-8-24-14/h2-6H,7-8H2,1H3,(H,20,22). The van der Waals surface area contributed by atoms with E-state index < -0.39 is 5.91 Å². The molecule has 0 aliphatic carbocycles. The first kappa shape index (κ1) is 17.4. The molecule has 0 saturated carbocycles. The first-order valence-electron chi connectivity index (χ1n) is 7.26. The van der Waals surface area contributed by atoms with Gasteiger partial charge in [-0.1, -0.05) is 23.2 Å². The Balaban J connectivity index is 1.68. The van der Waals surface area contributed by atoms with Crippen molar-refractivity contribution in [3.63, 3.8) is 0 Å². The number of benzene rings is 2. The molecule has 1 N–H and O–H groups in total. The zero-order valence-corrected chi connectivity index (χ0v) is 14.6. The van der Waals surface area contributed by atoms with Gasteiger partial charge in [-0.3, -0.25) is 9.59 Å². The second-order valence-electron chi connectivity index (χ2n) is 5.23. The Labute approximate surface area is 153 Å². The highest BCUT2D eigenvalue weighted by molar-refractivity contribution is 6.36. The van der Waals surface area contributed by atoms with Gasteiger partial charge >= 0.3 is 0 Å². The summed E-state index contributed by atoms with van der Waals surface area (Å²) in [5, 5.41) is 3.14. The van der Waals surface area contributed by atoms with E-state index in [2.05, 4.69) is 5.32 Å². The molecule has 0 aromatic heterocycles. The minimum absolute atomic E-state index is 0.124. The highest BCUT2D eigenvalue weighted by Crippen LogP contribution is 2.35. The number of hydrogen-bond donors (Lipinski definition) is 1. The molecule has 1 aliphatic rings. The smallest absolute Gasteiger partial charge is 0.262 e. The Morgan fingerprint density at radius 3 is 2.68 bits per heavy atom. The van der Waals surface area contributed by atoms with Crippen LogP contribution in [0.15, 0.2) is 30.3 Å². The monoisotopic (exact) mass is 381 g/mol. The van der Waals surface area contributed by atoms with Crippen LogP contribution in [0.1, 0.15) is 17.3 Å². The third kappa shape index (κ3) is 3.97. The van der Waals surface area contributed by atoms with Gasteiger partial charge < -0.3 is 19.5 Å². The summed E-state index contributed by atoms with van der Waals surface area (Å²) in [6.45, 7) is 1.19. The SMILES string of the molecule is CC(=O)c1cc(Cl)cc(Cl)c1OCC(=O)Nc1ccc2c(c1)OCO2. The molecule has 1 heterocycles. The van der Waals surface area contributed by atoms with Crippen LogP contribution in [0, 0.1) is 0 Å². The third-order valence-electron chi connectivity index (χ3n) is 3.39. The average Bonchev–Trinajstić information content (AvgIpc) is 3.00. The van der Waals surface area contributed by atoms with E-state index in [1.807, 2.05) is 0 Å². The van der Waals surface area contributed by atoms with Crippen molar-refractivity contribution in [2.45, 2.75) is 6.92 Å². The van der Waals surface area contributed by atoms with Gasteiger partial charge in [0.25, 0.3) is 5.91 Å². The summed E-state index contributed by atoms with van der Waals surface area (Å²) in [7, 11) is 0. The van der Waals surface area contributed by atoms with Crippen LogP contribution in [0.4, 0.5) is 5.69 Å². The van der Waals surface area contributed by atoms with Gasteiger partial charge in [0.1, 0.15) is 5.75 Å². The Morgan fingerprint density at radius 2 is 1.92 bits per heavy atom. The zero-order valence-electron chi connectivity index (χ0n) is 13.1. The first-order valence-corrected chi connectivity index (χ1v) is 8.02. The van der Waals surface area contributed by atoms with Gasteiger partial charge in [0.2, 0.25) is 6.79 Å². The van der Waals surface area contributed by atoms with Crippen LogP contribution in [0.3, 0.4) is 0 Å². The van der Waals surface area contributed by atoms with Crippen LogP contribution in [-0.2, 0) is 4.79 Å². The molecule has 0 bridgehead atoms. The number of anilines is 1. The Hall–Kier alpha value is -2.44. The lowest BCUT2D eigenvalue weighted by atomic mass is 10.1. The van der Waals surface area contributed by atoms with Gasteiger partial charge in [-0.15, -0.1) is 0 Å². The summed E-state index contributed by atoms with van der Waals surface area (Å²) in [5.74, 6) is 0.612. The van der Waals surface area contributed by atoms with E-state index >= 15 is 0 Å². The molecule has 0 spiro atoms. The Bertz CT molecular complexity index is 853. The average molecular weight is 382 g/mol. The van der Waals surface area contributed by atoms with Crippen molar-refractivity contribution in [2.75, 3.05) is 18.7 Å². The minimum atomic E-state index is -0.417. The number of halogens is 2. The van der Waals surface area contributed by atoms with Gasteiger partial charge in [0, 0.05) is 16.8 Å². The largest absolute Gasteiger partial charge is 0.481 e. The van der Waals surface area contributed by atoms with Gasteiger partial charge in [0.05, 0.1) is 10.6 Å². The van der Waals surface area contributed by atoms with Crippen LogP contribution in [0.25, 0.3) is 0 Å².